The van der Waals surface area contributed by atoms with Crippen LogP contribution in [0.15, 0.2) is 18.0 Å². The van der Waals surface area contributed by atoms with Gasteiger partial charge < -0.3 is 0 Å². The molecule has 10 heavy (non-hydrogen) atoms. The lowest BCUT2D eigenvalue weighted by atomic mass is 10.6. The monoisotopic (exact) mass is 138 g/mol. The van der Waals surface area contributed by atoms with Crippen LogP contribution in [-0.2, 0) is 4.79 Å². The highest BCUT2D eigenvalue weighted by atomic mass is 16.2. The molecule has 0 spiro atoms. The summed E-state index contributed by atoms with van der Waals surface area (Å²) in [6.45, 7) is 0. The maximum absolute atomic E-state index is 10.7. The topological polar surface area (TPSA) is 49.4 Å². The Morgan fingerprint density at radius 1 is 1.60 bits per heavy atom. The fraction of sp³-hybridized carbons (Fsp3) is 0.167. The minimum absolute atomic E-state index is 0.439. The zero-order valence-corrected chi connectivity index (χ0v) is 5.42. The molecule has 1 aliphatic heterocycles. The van der Waals surface area contributed by atoms with Crippen molar-refractivity contribution in [2.75, 3.05) is 7.05 Å². The van der Waals surface area contributed by atoms with E-state index in [0.717, 1.165) is 0 Å². The Morgan fingerprint density at radius 2 is 2.30 bits per heavy atom. The van der Waals surface area contributed by atoms with Gasteiger partial charge >= 0.3 is 6.03 Å². The first-order valence-corrected chi connectivity index (χ1v) is 2.70. The summed E-state index contributed by atoms with van der Waals surface area (Å²) in [5.41, 5.74) is 2.52. The number of hydrogen-bond acceptors (Lipinski definition) is 2. The molecule has 0 radical (unpaired) electrons. The zero-order valence-electron chi connectivity index (χ0n) is 5.42. The summed E-state index contributed by atoms with van der Waals surface area (Å²) in [5.74, 6) is -0.439. The summed E-state index contributed by atoms with van der Waals surface area (Å²) in [6.07, 6.45) is 2.56. The number of nitrogens with one attached hydrogen (secondary N) is 1. The van der Waals surface area contributed by atoms with Gasteiger partial charge in [-0.2, -0.15) is 0 Å². The third-order valence-electron chi connectivity index (χ3n) is 1.03. The molecule has 0 aromatic carbocycles. The van der Waals surface area contributed by atoms with Crippen LogP contribution in [0.2, 0.25) is 0 Å². The number of nitrogens with zero attached hydrogens (tertiary/aromatic N) is 1. The van der Waals surface area contributed by atoms with E-state index in [1.54, 1.807) is 0 Å². The second kappa shape index (κ2) is 2.37. The first kappa shape index (κ1) is 6.58. The van der Waals surface area contributed by atoms with Crippen LogP contribution in [0.3, 0.4) is 0 Å². The lowest BCUT2D eigenvalue weighted by molar-refractivity contribution is -0.115. The summed E-state index contributed by atoms with van der Waals surface area (Å²) in [6, 6.07) is -0.439. The molecule has 0 bridgehead atoms. The molecule has 4 heteroatoms. The van der Waals surface area contributed by atoms with Crippen molar-refractivity contribution in [3.8, 4) is 0 Å². The van der Waals surface area contributed by atoms with Crippen LogP contribution in [0.25, 0.3) is 0 Å². The number of carbonyl (C=O) groups excluding carboxylic acids is 2. The molecule has 1 N–H and O–H groups in total. The molecular formula is C6H6N2O2. The van der Waals surface area contributed by atoms with Gasteiger partial charge in [-0.05, 0) is 0 Å². The molecule has 0 fully saturated rings. The highest BCUT2D eigenvalue weighted by Crippen LogP contribution is 1.88. The molecule has 3 amide bonds. The van der Waals surface area contributed by atoms with E-state index in [1.165, 1.54) is 24.2 Å². The van der Waals surface area contributed by atoms with Crippen molar-refractivity contribution in [3.05, 3.63) is 18.0 Å². The summed E-state index contributed by atoms with van der Waals surface area (Å²) >= 11 is 0. The normalized spacial score (nSPS) is 17.1. The lowest BCUT2D eigenvalue weighted by Gasteiger charge is -2.07. The van der Waals surface area contributed by atoms with Gasteiger partial charge in [-0.25, -0.2) is 4.79 Å². The van der Waals surface area contributed by atoms with Crippen LogP contribution in [0.1, 0.15) is 0 Å². The van der Waals surface area contributed by atoms with E-state index in [9.17, 15) is 9.59 Å². The average Bonchev–Trinajstić information content (AvgIpc) is 1.96. The Kier molecular flexibility index (Phi) is 1.56. The smallest absolute Gasteiger partial charge is 0.297 e. The second-order valence-corrected chi connectivity index (χ2v) is 1.85. The van der Waals surface area contributed by atoms with Crippen LogP contribution in [-0.4, -0.2) is 23.9 Å². The summed E-state index contributed by atoms with van der Waals surface area (Å²) in [5, 5.41) is 2.09. The van der Waals surface area contributed by atoms with Gasteiger partial charge in [-0.3, -0.25) is 15.0 Å². The second-order valence-electron chi connectivity index (χ2n) is 1.85. The van der Waals surface area contributed by atoms with E-state index in [0.29, 0.717) is 0 Å². The molecule has 52 valence electrons. The molecule has 1 rings (SSSR count). The van der Waals surface area contributed by atoms with E-state index in [-0.39, 0.29) is 0 Å². The average molecular weight is 138 g/mol. The van der Waals surface area contributed by atoms with E-state index < -0.39 is 11.9 Å². The minimum Gasteiger partial charge on any atom is -0.297 e. The standard InChI is InChI=1S/C6H6N2O2/c1-8-4-2-3-5(9)7-6(8)10/h3-4H,1H3,(H,7,9,10). The van der Waals surface area contributed by atoms with E-state index >= 15 is 0 Å². The summed E-state index contributed by atoms with van der Waals surface area (Å²) < 4.78 is 0. The molecule has 0 aliphatic carbocycles. The van der Waals surface area contributed by atoms with Crippen molar-refractivity contribution in [3.63, 3.8) is 0 Å². The largest absolute Gasteiger partial charge is 0.328 e. The fourth-order valence-corrected chi connectivity index (χ4v) is 0.513. The van der Waals surface area contributed by atoms with Gasteiger partial charge in [0.05, 0.1) is 6.20 Å². The molecule has 1 aliphatic rings. The van der Waals surface area contributed by atoms with Crippen LogP contribution >= 0.6 is 0 Å². The van der Waals surface area contributed by atoms with Gasteiger partial charge in [0.2, 0.25) is 0 Å². The minimum atomic E-state index is -0.439. The van der Waals surface area contributed by atoms with Crippen molar-refractivity contribution in [1.82, 2.24) is 10.2 Å². The highest BCUT2D eigenvalue weighted by Gasteiger charge is 2.09. The molecule has 0 saturated carbocycles. The van der Waals surface area contributed by atoms with Gasteiger partial charge in [-0.1, -0.05) is 5.73 Å². The molecule has 0 atom stereocenters. The first-order valence-electron chi connectivity index (χ1n) is 2.70. The Hall–Kier alpha value is -1.54. The number of urea groups is 1. The Bertz CT molecular complexity index is 236. The van der Waals surface area contributed by atoms with Crippen LogP contribution < -0.4 is 5.32 Å². The Labute approximate surface area is 57.8 Å². The maximum Gasteiger partial charge on any atom is 0.328 e. The maximum atomic E-state index is 10.7. The number of imide groups is 1. The van der Waals surface area contributed by atoms with Crippen LogP contribution in [0.4, 0.5) is 4.79 Å². The first-order chi connectivity index (χ1) is 4.70. The molecule has 0 aromatic heterocycles. The third kappa shape index (κ3) is 1.24. The summed E-state index contributed by atoms with van der Waals surface area (Å²) in [4.78, 5) is 22.5. The number of amides is 3. The van der Waals surface area contributed by atoms with Crippen molar-refractivity contribution in [2.24, 2.45) is 0 Å². The van der Waals surface area contributed by atoms with Gasteiger partial charge in [0, 0.05) is 13.1 Å². The molecule has 1 heterocycles. The quantitative estimate of drug-likeness (QED) is 0.473. The Morgan fingerprint density at radius 3 is 3.00 bits per heavy atom. The van der Waals surface area contributed by atoms with Crippen molar-refractivity contribution >= 4 is 11.9 Å². The van der Waals surface area contributed by atoms with Crippen molar-refractivity contribution in [2.45, 2.75) is 0 Å². The van der Waals surface area contributed by atoms with Crippen LogP contribution in [0, 0.1) is 0 Å². The summed E-state index contributed by atoms with van der Waals surface area (Å²) in [7, 11) is 1.54. The molecule has 0 unspecified atom stereocenters. The lowest BCUT2D eigenvalue weighted by Crippen LogP contribution is -2.35. The van der Waals surface area contributed by atoms with Gasteiger partial charge in [0.25, 0.3) is 5.91 Å². The fourth-order valence-electron chi connectivity index (χ4n) is 0.513. The third-order valence-corrected chi connectivity index (χ3v) is 1.03. The molecule has 0 saturated heterocycles. The van der Waals surface area contributed by atoms with Gasteiger partial charge in [0.1, 0.15) is 0 Å². The van der Waals surface area contributed by atoms with Crippen molar-refractivity contribution < 1.29 is 9.59 Å². The number of carbonyl (C=O) groups is 2. The van der Waals surface area contributed by atoms with Crippen LogP contribution in [0.5, 0.6) is 0 Å². The SMILES string of the molecule is CN1C=C=CC(=O)NC1=O. The highest BCUT2D eigenvalue weighted by molar-refractivity contribution is 6.01. The number of hydrogen-bond donors (Lipinski definition) is 1. The van der Waals surface area contributed by atoms with Crippen molar-refractivity contribution in [1.29, 1.82) is 0 Å². The molecular weight excluding hydrogens is 132 g/mol. The predicted octanol–water partition coefficient (Wildman–Crippen LogP) is -0.163. The zero-order chi connectivity index (χ0) is 7.56. The van der Waals surface area contributed by atoms with Gasteiger partial charge in [0.15, 0.2) is 0 Å². The molecule has 0 aromatic rings. The van der Waals surface area contributed by atoms with E-state index in [2.05, 4.69) is 11.0 Å². The Balaban J connectivity index is 2.85. The van der Waals surface area contributed by atoms with E-state index in [4.69, 9.17) is 0 Å². The predicted molar refractivity (Wildman–Crippen MR) is 34.0 cm³/mol. The van der Waals surface area contributed by atoms with Gasteiger partial charge in [-0.15, -0.1) is 0 Å². The van der Waals surface area contributed by atoms with E-state index in [1.807, 2.05) is 0 Å². The molecule has 4 nitrogen and oxygen atoms in total. The number of rotatable bonds is 0.